The molecule has 13 heavy (non-hydrogen) atoms. The molecule has 0 radical (unpaired) electrons. The van der Waals surface area contributed by atoms with Crippen LogP contribution in [0.3, 0.4) is 0 Å². The Kier molecular flexibility index (Phi) is 1.79. The molecule has 0 saturated carbocycles. The van der Waals surface area contributed by atoms with Crippen LogP contribution in [0.15, 0.2) is 6.33 Å². The zero-order valence-corrected chi connectivity index (χ0v) is 7.69. The lowest BCUT2D eigenvalue weighted by atomic mass is 9.96. The van der Waals surface area contributed by atoms with E-state index in [1.165, 1.54) is 6.33 Å². The van der Waals surface area contributed by atoms with E-state index in [9.17, 15) is 4.79 Å². The standard InChI is InChI=1S/C8H12N4O/c1-5-3-12-7(10-4-11-12)6(5)8(13)9-2/h4-6H,3H2,1-2H3,(H,9,13). The lowest BCUT2D eigenvalue weighted by Gasteiger charge is -2.10. The molecule has 0 spiro atoms. The maximum absolute atomic E-state index is 11.5. The van der Waals surface area contributed by atoms with Crippen LogP contribution < -0.4 is 5.32 Å². The number of rotatable bonds is 1. The van der Waals surface area contributed by atoms with Gasteiger partial charge in [-0.05, 0) is 5.92 Å². The summed E-state index contributed by atoms with van der Waals surface area (Å²) in [5, 5.41) is 6.69. The second-order valence-electron chi connectivity index (χ2n) is 3.37. The van der Waals surface area contributed by atoms with Crippen LogP contribution in [0.4, 0.5) is 0 Å². The van der Waals surface area contributed by atoms with Gasteiger partial charge in [0.05, 0.1) is 0 Å². The number of likely N-dealkylation sites (N-methyl/N-ethyl adjacent to an activating group) is 1. The zero-order chi connectivity index (χ0) is 9.42. The highest BCUT2D eigenvalue weighted by molar-refractivity contribution is 5.83. The van der Waals surface area contributed by atoms with Gasteiger partial charge in [-0.25, -0.2) is 9.67 Å². The molecule has 70 valence electrons. The summed E-state index contributed by atoms with van der Waals surface area (Å²) in [6.07, 6.45) is 1.50. The van der Waals surface area contributed by atoms with Gasteiger partial charge in [0.2, 0.25) is 5.91 Å². The molecule has 1 aliphatic heterocycles. The Balaban J connectivity index is 2.34. The van der Waals surface area contributed by atoms with Crippen molar-refractivity contribution in [2.75, 3.05) is 7.05 Å². The molecule has 2 heterocycles. The minimum absolute atomic E-state index is 0.0271. The Morgan fingerprint density at radius 1 is 1.77 bits per heavy atom. The maximum Gasteiger partial charge on any atom is 0.230 e. The first kappa shape index (κ1) is 8.22. The van der Waals surface area contributed by atoms with Crippen LogP contribution in [-0.4, -0.2) is 27.7 Å². The van der Waals surface area contributed by atoms with Gasteiger partial charge in [0.15, 0.2) is 0 Å². The van der Waals surface area contributed by atoms with E-state index in [4.69, 9.17) is 0 Å². The summed E-state index contributed by atoms with van der Waals surface area (Å²) in [5.41, 5.74) is 0. The molecular formula is C8H12N4O. The van der Waals surface area contributed by atoms with Crippen molar-refractivity contribution in [3.05, 3.63) is 12.2 Å². The first-order valence-corrected chi connectivity index (χ1v) is 4.33. The fourth-order valence-electron chi connectivity index (χ4n) is 1.82. The monoisotopic (exact) mass is 180 g/mol. The van der Waals surface area contributed by atoms with Gasteiger partial charge in [-0.1, -0.05) is 6.92 Å². The summed E-state index contributed by atoms with van der Waals surface area (Å²) in [7, 11) is 1.65. The topological polar surface area (TPSA) is 59.8 Å². The van der Waals surface area contributed by atoms with E-state index in [0.29, 0.717) is 0 Å². The van der Waals surface area contributed by atoms with Gasteiger partial charge in [-0.3, -0.25) is 4.79 Å². The first-order chi connectivity index (χ1) is 6.24. The second kappa shape index (κ2) is 2.83. The number of nitrogens with one attached hydrogen (secondary N) is 1. The minimum atomic E-state index is -0.132. The lowest BCUT2D eigenvalue weighted by molar-refractivity contribution is -0.122. The average molecular weight is 180 g/mol. The van der Waals surface area contributed by atoms with E-state index in [-0.39, 0.29) is 17.7 Å². The van der Waals surface area contributed by atoms with Crippen LogP contribution in [-0.2, 0) is 11.3 Å². The average Bonchev–Trinajstić information content (AvgIpc) is 2.62. The minimum Gasteiger partial charge on any atom is -0.359 e. The lowest BCUT2D eigenvalue weighted by Crippen LogP contribution is -2.28. The third-order valence-electron chi connectivity index (χ3n) is 2.48. The van der Waals surface area contributed by atoms with Crippen molar-refractivity contribution in [3.8, 4) is 0 Å². The number of carbonyl (C=O) groups excluding carboxylic acids is 1. The van der Waals surface area contributed by atoms with Gasteiger partial charge in [0.25, 0.3) is 0 Å². The van der Waals surface area contributed by atoms with E-state index < -0.39 is 0 Å². The molecule has 1 N–H and O–H groups in total. The highest BCUT2D eigenvalue weighted by atomic mass is 16.1. The predicted octanol–water partition coefficient (Wildman–Crippen LogP) is -0.243. The Labute approximate surface area is 76.2 Å². The molecule has 1 aromatic heterocycles. The molecule has 5 heteroatoms. The molecule has 2 unspecified atom stereocenters. The van der Waals surface area contributed by atoms with Gasteiger partial charge in [0, 0.05) is 13.6 Å². The van der Waals surface area contributed by atoms with E-state index in [1.54, 1.807) is 11.7 Å². The van der Waals surface area contributed by atoms with Gasteiger partial charge in [0.1, 0.15) is 18.1 Å². The van der Waals surface area contributed by atoms with Crippen molar-refractivity contribution in [1.82, 2.24) is 20.1 Å². The maximum atomic E-state index is 11.5. The molecular weight excluding hydrogens is 168 g/mol. The number of carbonyl (C=O) groups is 1. The summed E-state index contributed by atoms with van der Waals surface area (Å²) in [6, 6.07) is 0. The quantitative estimate of drug-likeness (QED) is 0.648. The number of hydrogen-bond donors (Lipinski definition) is 1. The molecule has 5 nitrogen and oxygen atoms in total. The van der Waals surface area contributed by atoms with Crippen LogP contribution >= 0.6 is 0 Å². The van der Waals surface area contributed by atoms with E-state index in [2.05, 4.69) is 15.4 Å². The number of aromatic nitrogens is 3. The number of fused-ring (bicyclic) bond motifs is 1. The Hall–Kier alpha value is -1.39. The van der Waals surface area contributed by atoms with Crippen LogP contribution in [0.1, 0.15) is 18.7 Å². The van der Waals surface area contributed by atoms with Crippen LogP contribution in [0.25, 0.3) is 0 Å². The predicted molar refractivity (Wildman–Crippen MR) is 46.0 cm³/mol. The molecule has 0 bridgehead atoms. The van der Waals surface area contributed by atoms with Crippen molar-refractivity contribution in [3.63, 3.8) is 0 Å². The van der Waals surface area contributed by atoms with Gasteiger partial charge >= 0.3 is 0 Å². The van der Waals surface area contributed by atoms with Crippen molar-refractivity contribution < 1.29 is 4.79 Å². The van der Waals surface area contributed by atoms with Crippen molar-refractivity contribution in [2.24, 2.45) is 5.92 Å². The van der Waals surface area contributed by atoms with Gasteiger partial charge in [-0.15, -0.1) is 0 Å². The molecule has 2 rings (SSSR count). The van der Waals surface area contributed by atoms with E-state index >= 15 is 0 Å². The van der Waals surface area contributed by atoms with Crippen LogP contribution in [0, 0.1) is 5.92 Å². The van der Waals surface area contributed by atoms with Crippen molar-refractivity contribution >= 4 is 5.91 Å². The third-order valence-corrected chi connectivity index (χ3v) is 2.48. The highest BCUT2D eigenvalue weighted by Gasteiger charge is 2.36. The largest absolute Gasteiger partial charge is 0.359 e. The van der Waals surface area contributed by atoms with Gasteiger partial charge < -0.3 is 5.32 Å². The fourth-order valence-corrected chi connectivity index (χ4v) is 1.82. The molecule has 2 atom stereocenters. The van der Waals surface area contributed by atoms with E-state index in [1.807, 2.05) is 6.92 Å². The normalized spacial score (nSPS) is 25.7. The highest BCUT2D eigenvalue weighted by Crippen LogP contribution is 2.30. The van der Waals surface area contributed by atoms with Crippen molar-refractivity contribution in [2.45, 2.75) is 19.4 Å². The van der Waals surface area contributed by atoms with E-state index in [0.717, 1.165) is 12.4 Å². The molecule has 1 aliphatic rings. The van der Waals surface area contributed by atoms with Crippen LogP contribution in [0.2, 0.25) is 0 Å². The molecule has 0 saturated heterocycles. The summed E-state index contributed by atoms with van der Waals surface area (Å²) >= 11 is 0. The molecule has 1 amide bonds. The Morgan fingerprint density at radius 2 is 2.54 bits per heavy atom. The second-order valence-corrected chi connectivity index (χ2v) is 3.37. The Bertz CT molecular complexity index is 333. The third kappa shape index (κ3) is 1.11. The molecule has 1 aromatic rings. The zero-order valence-electron chi connectivity index (χ0n) is 7.69. The summed E-state index contributed by atoms with van der Waals surface area (Å²) in [6.45, 7) is 2.82. The fraction of sp³-hybridized carbons (Fsp3) is 0.625. The number of amides is 1. The first-order valence-electron chi connectivity index (χ1n) is 4.33. The van der Waals surface area contributed by atoms with Crippen LogP contribution in [0.5, 0.6) is 0 Å². The smallest absolute Gasteiger partial charge is 0.230 e. The van der Waals surface area contributed by atoms with Gasteiger partial charge in [-0.2, -0.15) is 5.10 Å². The Morgan fingerprint density at radius 3 is 3.23 bits per heavy atom. The summed E-state index contributed by atoms with van der Waals surface area (Å²) in [5.74, 6) is 0.967. The number of nitrogens with zero attached hydrogens (tertiary/aromatic N) is 3. The number of hydrogen-bond acceptors (Lipinski definition) is 3. The summed E-state index contributed by atoms with van der Waals surface area (Å²) < 4.78 is 1.80. The molecule has 0 fully saturated rings. The molecule has 0 aromatic carbocycles. The molecule has 0 aliphatic carbocycles. The van der Waals surface area contributed by atoms with Crippen molar-refractivity contribution in [1.29, 1.82) is 0 Å². The SMILES string of the molecule is CNC(=O)C1c2ncnn2CC1C. The summed E-state index contributed by atoms with van der Waals surface area (Å²) in [4.78, 5) is 15.6.